The molecular weight excluding hydrogens is 572 g/mol. The molecule has 0 aliphatic heterocycles. The highest BCUT2D eigenvalue weighted by atomic mass is 16.3. The molecule has 6 aromatic carbocycles. The second kappa shape index (κ2) is 12.8. The molecule has 0 radical (unpaired) electrons. The van der Waals surface area contributed by atoms with Gasteiger partial charge >= 0.3 is 0 Å². The number of para-hydroxylation sites is 2. The molecule has 0 aliphatic rings. The van der Waals surface area contributed by atoms with Gasteiger partial charge in [0.05, 0.1) is 11.0 Å². The van der Waals surface area contributed by atoms with Crippen LogP contribution in [0.5, 0.6) is 0 Å². The minimum absolute atomic E-state index is 0.678. The number of aliphatic imine (C=N–C) groups is 1. The lowest BCUT2D eigenvalue weighted by molar-refractivity contribution is 0.572. The van der Waals surface area contributed by atoms with Crippen LogP contribution < -0.4 is 10.6 Å². The standard InChI is InChI=1S/C42H30N2O.C2H6/c1-28-40-34(32-19-13-20-33(27-32)44-37-24-11-9-21-35(37)36-22-10-12-25-38(36)44)23-14-26-39(40)45-42(28)41(31-17-7-4-8-18-31)43-29(2)30-15-5-3-6-16-30;1-2/h3-27H,1H2,2H3;1-2H3/b42-41+,43-29?;. The Morgan fingerprint density at radius 1 is 0.617 bits per heavy atom. The summed E-state index contributed by atoms with van der Waals surface area (Å²) < 4.78 is 8.97. The molecule has 0 unspecified atom stereocenters. The first kappa shape index (κ1) is 29.8. The van der Waals surface area contributed by atoms with Gasteiger partial charge in [-0.15, -0.1) is 0 Å². The van der Waals surface area contributed by atoms with Gasteiger partial charge in [0.15, 0.2) is 5.42 Å². The number of aromatic nitrogens is 1. The molecule has 0 fully saturated rings. The lowest BCUT2D eigenvalue weighted by Gasteiger charge is -2.11. The minimum Gasteiger partial charge on any atom is -0.454 e. The maximum atomic E-state index is 6.62. The molecule has 0 aliphatic carbocycles. The SMILES string of the molecule is C=c1/c(=C(\N=C(C)c2ccccc2)c2ccccc2)oc2cccc(-c3cccc(-n4c5ccccc5c5ccccc54)c3)c12.CC. The van der Waals surface area contributed by atoms with Gasteiger partial charge in [-0.2, -0.15) is 0 Å². The van der Waals surface area contributed by atoms with Gasteiger partial charge in [0.25, 0.3) is 0 Å². The maximum absolute atomic E-state index is 6.62. The highest BCUT2D eigenvalue weighted by molar-refractivity contribution is 6.09. The lowest BCUT2D eigenvalue weighted by atomic mass is 10.00. The van der Waals surface area contributed by atoms with Crippen molar-refractivity contribution >= 4 is 50.8 Å². The van der Waals surface area contributed by atoms with Crippen LogP contribution in [0.2, 0.25) is 0 Å². The minimum atomic E-state index is 0.678. The number of rotatable bonds is 5. The van der Waals surface area contributed by atoms with Gasteiger partial charge < -0.3 is 8.98 Å². The Morgan fingerprint density at radius 3 is 1.85 bits per heavy atom. The number of hydrogen-bond acceptors (Lipinski definition) is 2. The van der Waals surface area contributed by atoms with E-state index in [2.05, 4.69) is 120 Å². The Kier molecular flexibility index (Phi) is 8.12. The van der Waals surface area contributed by atoms with Crippen LogP contribution in [0.25, 0.3) is 61.9 Å². The van der Waals surface area contributed by atoms with E-state index >= 15 is 0 Å². The largest absolute Gasteiger partial charge is 0.454 e. The quantitative estimate of drug-likeness (QED) is 0.179. The van der Waals surface area contributed by atoms with Crippen LogP contribution in [0.4, 0.5) is 0 Å². The summed E-state index contributed by atoms with van der Waals surface area (Å²) in [4.78, 5) is 5.15. The summed E-state index contributed by atoms with van der Waals surface area (Å²) in [5, 5.41) is 4.31. The van der Waals surface area contributed by atoms with Gasteiger partial charge in [-0.1, -0.05) is 142 Å². The number of furan rings is 1. The van der Waals surface area contributed by atoms with Crippen molar-refractivity contribution in [1.82, 2.24) is 4.57 Å². The summed E-state index contributed by atoms with van der Waals surface area (Å²) in [5.74, 6) is 0. The van der Waals surface area contributed by atoms with E-state index in [0.29, 0.717) is 5.42 Å². The molecule has 8 aromatic rings. The maximum Gasteiger partial charge on any atom is 0.161 e. The van der Waals surface area contributed by atoms with Crippen LogP contribution in [-0.4, -0.2) is 10.3 Å². The average molecular weight is 609 g/mol. The van der Waals surface area contributed by atoms with Crippen LogP contribution in [0.1, 0.15) is 31.9 Å². The number of hydrogen-bond donors (Lipinski definition) is 0. The third-order valence-electron chi connectivity index (χ3n) is 8.54. The Labute approximate surface area is 275 Å². The molecule has 0 saturated carbocycles. The average Bonchev–Trinajstić information content (AvgIpc) is 3.66. The Bertz CT molecular complexity index is 2450. The summed E-state index contributed by atoms with van der Waals surface area (Å²) in [6.07, 6.45) is 0. The van der Waals surface area contributed by atoms with E-state index in [-0.39, 0.29) is 0 Å². The van der Waals surface area contributed by atoms with Crippen LogP contribution in [0.15, 0.2) is 161 Å². The van der Waals surface area contributed by atoms with E-state index in [1.54, 1.807) is 0 Å². The normalized spacial score (nSPS) is 12.3. The van der Waals surface area contributed by atoms with Crippen molar-refractivity contribution in [2.24, 2.45) is 4.99 Å². The molecular formula is C44H36N2O. The van der Waals surface area contributed by atoms with Crippen LogP contribution in [-0.2, 0) is 0 Å². The monoisotopic (exact) mass is 608 g/mol. The zero-order valence-electron chi connectivity index (χ0n) is 26.9. The number of fused-ring (bicyclic) bond motifs is 4. The van der Waals surface area contributed by atoms with Crippen molar-refractivity contribution in [2.45, 2.75) is 20.8 Å². The second-order valence-corrected chi connectivity index (χ2v) is 11.3. The molecule has 2 aromatic heterocycles. The van der Waals surface area contributed by atoms with Crippen molar-refractivity contribution in [1.29, 1.82) is 0 Å². The summed E-state index contributed by atoms with van der Waals surface area (Å²) in [6, 6.07) is 52.6. The molecule has 2 heterocycles. The fourth-order valence-corrected chi connectivity index (χ4v) is 6.41. The smallest absolute Gasteiger partial charge is 0.161 e. The first-order valence-corrected chi connectivity index (χ1v) is 16.2. The summed E-state index contributed by atoms with van der Waals surface area (Å²) in [6.45, 7) is 10.6. The van der Waals surface area contributed by atoms with Crippen molar-refractivity contribution < 1.29 is 4.42 Å². The molecule has 0 bridgehead atoms. The van der Waals surface area contributed by atoms with Gasteiger partial charge in [0.2, 0.25) is 0 Å². The molecule has 0 atom stereocenters. The number of benzene rings is 6. The third-order valence-corrected chi connectivity index (χ3v) is 8.54. The second-order valence-electron chi connectivity index (χ2n) is 11.3. The third kappa shape index (κ3) is 5.36. The lowest BCUT2D eigenvalue weighted by Crippen LogP contribution is -2.22. The van der Waals surface area contributed by atoms with Crippen molar-refractivity contribution in [3.05, 3.63) is 173 Å². The van der Waals surface area contributed by atoms with E-state index in [1.165, 1.54) is 21.8 Å². The van der Waals surface area contributed by atoms with Crippen LogP contribution >= 0.6 is 0 Å². The van der Waals surface area contributed by atoms with Crippen LogP contribution in [0.3, 0.4) is 0 Å². The zero-order chi connectivity index (χ0) is 32.3. The van der Waals surface area contributed by atoms with E-state index in [1.807, 2.05) is 63.2 Å². The molecule has 0 saturated heterocycles. The highest BCUT2D eigenvalue weighted by Crippen LogP contribution is 2.34. The highest BCUT2D eigenvalue weighted by Gasteiger charge is 2.16. The Hall–Kier alpha value is -5.93. The van der Waals surface area contributed by atoms with Gasteiger partial charge in [-0.05, 0) is 53.9 Å². The molecule has 3 nitrogen and oxygen atoms in total. The fraction of sp³-hybridized carbons (Fsp3) is 0.0682. The van der Waals surface area contributed by atoms with Gasteiger partial charge in [-0.25, -0.2) is 4.99 Å². The van der Waals surface area contributed by atoms with Crippen molar-refractivity contribution in [2.75, 3.05) is 0 Å². The number of nitrogens with zero attached hydrogens (tertiary/aromatic N) is 2. The topological polar surface area (TPSA) is 30.4 Å². The Morgan fingerprint density at radius 2 is 1.19 bits per heavy atom. The zero-order valence-corrected chi connectivity index (χ0v) is 26.9. The van der Waals surface area contributed by atoms with E-state index < -0.39 is 0 Å². The summed E-state index contributed by atoms with van der Waals surface area (Å²) >= 11 is 0. The van der Waals surface area contributed by atoms with E-state index in [9.17, 15) is 0 Å². The summed E-state index contributed by atoms with van der Waals surface area (Å²) in [7, 11) is 0. The van der Waals surface area contributed by atoms with Gasteiger partial charge in [-0.3, -0.25) is 0 Å². The van der Waals surface area contributed by atoms with Crippen molar-refractivity contribution in [3.8, 4) is 16.8 Å². The predicted molar refractivity (Wildman–Crippen MR) is 200 cm³/mol. The van der Waals surface area contributed by atoms with Gasteiger partial charge in [0.1, 0.15) is 11.3 Å². The first-order chi connectivity index (χ1) is 23.2. The molecule has 3 heteroatoms. The molecule has 0 amide bonds. The molecule has 0 N–H and O–H groups in total. The van der Waals surface area contributed by atoms with E-state index in [4.69, 9.17) is 9.41 Å². The Balaban J connectivity index is 0.00000172. The van der Waals surface area contributed by atoms with E-state index in [0.717, 1.165) is 55.5 Å². The molecule has 8 rings (SSSR count). The molecule has 228 valence electrons. The fourth-order valence-electron chi connectivity index (χ4n) is 6.41. The van der Waals surface area contributed by atoms with Gasteiger partial charge in [0, 0.05) is 38.3 Å². The summed E-state index contributed by atoms with van der Waals surface area (Å²) in [5.41, 5.74) is 10.8. The predicted octanol–water partition coefficient (Wildman–Crippen LogP) is 10.3. The van der Waals surface area contributed by atoms with Crippen molar-refractivity contribution in [3.63, 3.8) is 0 Å². The molecule has 0 spiro atoms. The molecule has 47 heavy (non-hydrogen) atoms. The van der Waals surface area contributed by atoms with Crippen LogP contribution in [0, 0.1) is 0 Å². The first-order valence-electron chi connectivity index (χ1n) is 16.2.